The normalized spacial score (nSPS) is 34.8. The van der Waals surface area contributed by atoms with Gasteiger partial charge in [-0.15, -0.1) is 0 Å². The summed E-state index contributed by atoms with van der Waals surface area (Å²) in [7, 11) is -4.36. The second-order valence-electron chi connectivity index (χ2n) is 6.46. The Morgan fingerprint density at radius 3 is 2.80 bits per heavy atom. The number of aliphatic hydroxyl groups is 2. The quantitative estimate of drug-likeness (QED) is 0.360. The van der Waals surface area contributed by atoms with Crippen molar-refractivity contribution >= 4 is 36.2 Å². The summed E-state index contributed by atoms with van der Waals surface area (Å²) in [5.74, 6) is 0.645. The smallest absolute Gasteiger partial charge is 0.348 e. The molecule has 0 amide bonds. The number of nitrogens with zero attached hydrogens (tertiary/aromatic N) is 4. The van der Waals surface area contributed by atoms with Crippen LogP contribution in [0, 0.1) is 11.3 Å². The fourth-order valence-corrected chi connectivity index (χ4v) is 4.50. The zero-order valence-corrected chi connectivity index (χ0v) is 14.3. The van der Waals surface area contributed by atoms with Gasteiger partial charge in [0.1, 0.15) is 11.6 Å². The van der Waals surface area contributed by atoms with Gasteiger partial charge in [0, 0.05) is 11.2 Å². The van der Waals surface area contributed by atoms with E-state index in [0.29, 0.717) is 17.6 Å². The van der Waals surface area contributed by atoms with E-state index >= 15 is 0 Å². The average molecular weight is 388 g/mol. The summed E-state index contributed by atoms with van der Waals surface area (Å²) in [6.45, 7) is 0. The van der Waals surface area contributed by atoms with Crippen LogP contribution in [0.5, 0.6) is 0 Å². The fourth-order valence-electron chi connectivity index (χ4n) is 3.86. The third-order valence-electron chi connectivity index (χ3n) is 5.06. The summed E-state index contributed by atoms with van der Waals surface area (Å²) in [6.07, 6.45) is 0.889. The van der Waals surface area contributed by atoms with Crippen LogP contribution >= 0.6 is 19.2 Å². The number of hydrogen-bond donors (Lipinski definition) is 5. The number of nitrogens with two attached hydrogens (primary N) is 1. The molecule has 0 aliphatic heterocycles. The van der Waals surface area contributed by atoms with E-state index in [1.165, 1.54) is 12.4 Å². The van der Waals surface area contributed by atoms with Crippen molar-refractivity contribution in [1.29, 1.82) is 0 Å². The molecule has 0 spiro atoms. The van der Waals surface area contributed by atoms with Gasteiger partial charge in [0.15, 0.2) is 11.5 Å². The molecule has 2 aliphatic rings. The van der Waals surface area contributed by atoms with E-state index in [9.17, 15) is 14.8 Å². The van der Waals surface area contributed by atoms with Crippen LogP contribution in [0.4, 0.5) is 5.82 Å². The summed E-state index contributed by atoms with van der Waals surface area (Å²) in [6, 6.07) is -0.577. The number of fused-ring (bicyclic) bond motifs is 2. The average Bonchev–Trinajstić information content (AvgIpc) is 3.01. The van der Waals surface area contributed by atoms with Crippen molar-refractivity contribution in [3.63, 3.8) is 0 Å². The molecule has 2 aromatic heterocycles. The topological polar surface area (TPSA) is 168 Å². The molecule has 2 fully saturated rings. The van der Waals surface area contributed by atoms with Gasteiger partial charge in [0.25, 0.3) is 0 Å². The number of rotatable bonds is 3. The Hall–Kier alpha value is -1.55. The molecule has 2 aromatic rings. The maximum absolute atomic E-state index is 11.1. The van der Waals surface area contributed by atoms with Crippen LogP contribution < -0.4 is 5.73 Å². The van der Waals surface area contributed by atoms with Gasteiger partial charge in [0.2, 0.25) is 5.28 Å². The Bertz CT molecular complexity index is 944. The number of hydrogen-bond acceptors (Lipinski definition) is 7. The van der Waals surface area contributed by atoms with Crippen LogP contribution in [0.1, 0.15) is 12.5 Å². The summed E-state index contributed by atoms with van der Waals surface area (Å²) < 4.78 is 12.7. The molecule has 2 saturated carbocycles. The largest absolute Gasteiger partial charge is 0.389 e. The van der Waals surface area contributed by atoms with E-state index in [2.05, 4.69) is 15.0 Å². The maximum atomic E-state index is 11.1. The molecule has 6 N–H and O–H groups in total. The molecular formula is C13H15ClN5O5P. The van der Waals surface area contributed by atoms with Crippen LogP contribution in [-0.2, 0) is 4.57 Å². The SMILES string of the molecule is Nc1nc(Cl)nc2c1ncn2[C@H]1[C@H](O)[C@H](O)[C@]2(/C=C/P(=O)(O)O)C[C@H]12. The Morgan fingerprint density at radius 2 is 2.12 bits per heavy atom. The van der Waals surface area contributed by atoms with E-state index in [1.54, 1.807) is 4.57 Å². The number of aliphatic hydroxyl groups excluding tert-OH is 2. The minimum absolute atomic E-state index is 0.0664. The van der Waals surface area contributed by atoms with E-state index in [0.717, 1.165) is 5.82 Å². The molecular weight excluding hydrogens is 373 g/mol. The van der Waals surface area contributed by atoms with Crippen LogP contribution in [0.15, 0.2) is 18.2 Å². The first-order valence-electron chi connectivity index (χ1n) is 7.41. The van der Waals surface area contributed by atoms with Gasteiger partial charge in [0.05, 0.1) is 18.5 Å². The van der Waals surface area contributed by atoms with Crippen molar-refractivity contribution in [1.82, 2.24) is 19.5 Å². The summed E-state index contributed by atoms with van der Waals surface area (Å²) >= 11 is 5.85. The molecule has 5 atom stereocenters. The first-order valence-corrected chi connectivity index (χ1v) is 9.47. The number of imidazole rings is 1. The van der Waals surface area contributed by atoms with Crippen LogP contribution in [0.2, 0.25) is 5.28 Å². The van der Waals surface area contributed by atoms with Crippen molar-refractivity contribution in [3.8, 4) is 0 Å². The number of aromatic nitrogens is 4. The lowest BCUT2D eigenvalue weighted by Crippen LogP contribution is -2.33. The van der Waals surface area contributed by atoms with Gasteiger partial charge in [-0.05, 0) is 23.9 Å². The van der Waals surface area contributed by atoms with Crippen molar-refractivity contribution < 1.29 is 24.6 Å². The number of anilines is 1. The summed E-state index contributed by atoms with van der Waals surface area (Å²) in [5, 5.41) is 20.9. The van der Waals surface area contributed by atoms with Gasteiger partial charge < -0.3 is 30.3 Å². The van der Waals surface area contributed by atoms with E-state index in [-0.39, 0.29) is 17.0 Å². The third kappa shape index (κ3) is 2.49. The second kappa shape index (κ2) is 5.23. The Morgan fingerprint density at radius 1 is 1.40 bits per heavy atom. The first kappa shape index (κ1) is 16.9. The molecule has 10 nitrogen and oxygen atoms in total. The lowest BCUT2D eigenvalue weighted by molar-refractivity contribution is -0.00808. The molecule has 0 bridgehead atoms. The maximum Gasteiger partial charge on any atom is 0.348 e. The van der Waals surface area contributed by atoms with E-state index in [4.69, 9.17) is 27.1 Å². The fraction of sp³-hybridized carbons (Fsp3) is 0.462. The monoisotopic (exact) mass is 387 g/mol. The molecule has 0 unspecified atom stereocenters. The van der Waals surface area contributed by atoms with Crippen molar-refractivity contribution in [3.05, 3.63) is 23.5 Å². The van der Waals surface area contributed by atoms with Crippen molar-refractivity contribution in [2.24, 2.45) is 11.3 Å². The highest BCUT2D eigenvalue weighted by Crippen LogP contribution is 2.69. The number of nitrogen functional groups attached to an aromatic ring is 1. The van der Waals surface area contributed by atoms with Crippen molar-refractivity contribution in [2.75, 3.05) is 5.73 Å². The molecule has 12 heteroatoms. The van der Waals surface area contributed by atoms with E-state index < -0.39 is 31.3 Å². The zero-order valence-electron chi connectivity index (χ0n) is 12.6. The van der Waals surface area contributed by atoms with Crippen LogP contribution in [0.3, 0.4) is 0 Å². The Labute approximate surface area is 146 Å². The van der Waals surface area contributed by atoms with Crippen LogP contribution in [-0.4, -0.2) is 51.7 Å². The Kier molecular flexibility index (Phi) is 3.53. The van der Waals surface area contributed by atoms with Gasteiger partial charge in [-0.3, -0.25) is 4.57 Å². The highest BCUT2D eigenvalue weighted by molar-refractivity contribution is 7.55. The highest BCUT2D eigenvalue weighted by Gasteiger charge is 2.70. The number of halogens is 1. The third-order valence-corrected chi connectivity index (χ3v) is 5.77. The minimum Gasteiger partial charge on any atom is -0.389 e. The van der Waals surface area contributed by atoms with Gasteiger partial charge in [-0.1, -0.05) is 6.08 Å². The van der Waals surface area contributed by atoms with Crippen molar-refractivity contribution in [2.45, 2.75) is 24.7 Å². The van der Waals surface area contributed by atoms with Crippen LogP contribution in [0.25, 0.3) is 11.2 Å². The standard InChI is InChI=1S/C13H15ClN5O5P/c14-12-17-10(15)6-11(18-12)19(4-16-6)7-5-3-13(5,9(21)8(7)20)1-2-25(22,23)24/h1-2,4-5,7-9,20-21H,3H2,(H2,15,17,18)(H2,22,23,24)/b2-1+/t5-,7-,8+,9+,13-/m1/s1. The molecule has 2 heterocycles. The minimum atomic E-state index is -4.36. The van der Waals surface area contributed by atoms with Gasteiger partial charge in [-0.25, -0.2) is 4.98 Å². The molecule has 134 valence electrons. The molecule has 2 aliphatic carbocycles. The predicted octanol–water partition coefficient (Wildman–Crippen LogP) is 0.0361. The lowest BCUT2D eigenvalue weighted by atomic mass is 10.00. The molecule has 0 radical (unpaired) electrons. The Balaban J connectivity index is 1.76. The molecule has 0 saturated heterocycles. The zero-order chi connectivity index (χ0) is 18.1. The van der Waals surface area contributed by atoms with E-state index in [1.807, 2.05) is 0 Å². The highest BCUT2D eigenvalue weighted by atomic mass is 35.5. The summed E-state index contributed by atoms with van der Waals surface area (Å²) in [4.78, 5) is 30.1. The molecule has 0 aromatic carbocycles. The predicted molar refractivity (Wildman–Crippen MR) is 87.5 cm³/mol. The first-order chi connectivity index (χ1) is 11.6. The summed E-state index contributed by atoms with van der Waals surface area (Å²) in [5.41, 5.74) is 5.55. The second-order valence-corrected chi connectivity index (χ2v) is 8.27. The van der Waals surface area contributed by atoms with Gasteiger partial charge >= 0.3 is 7.60 Å². The molecule has 4 rings (SSSR count). The van der Waals surface area contributed by atoms with Gasteiger partial charge in [-0.2, -0.15) is 9.97 Å². The lowest BCUT2D eigenvalue weighted by Gasteiger charge is -2.23. The molecule has 25 heavy (non-hydrogen) atoms.